The normalized spacial score (nSPS) is 38.4. The predicted octanol–water partition coefficient (Wildman–Crippen LogP) is 9.80. The molecule has 8 aliphatic rings. The van der Waals surface area contributed by atoms with E-state index in [1.54, 1.807) is 0 Å². The van der Waals surface area contributed by atoms with Gasteiger partial charge in [0.25, 0.3) is 0 Å². The molecular weight excluding hydrogens is 578 g/mol. The van der Waals surface area contributed by atoms with Crippen LogP contribution in [0.3, 0.4) is 0 Å². The second-order valence-electron chi connectivity index (χ2n) is 16.7. The quantitative estimate of drug-likeness (QED) is 0.267. The van der Waals surface area contributed by atoms with Crippen molar-refractivity contribution in [3.8, 4) is 11.5 Å². The Morgan fingerprint density at radius 3 is 2.13 bits per heavy atom. The summed E-state index contributed by atoms with van der Waals surface area (Å²) in [5.41, 5.74) is 3.35. The van der Waals surface area contributed by atoms with Crippen LogP contribution in [0.15, 0.2) is 48.5 Å². The van der Waals surface area contributed by atoms with Crippen LogP contribution in [0, 0.1) is 46.3 Å². The monoisotopic (exact) mass is 641 g/mol. The van der Waals surface area contributed by atoms with Crippen LogP contribution >= 0.6 is 0 Å². The van der Waals surface area contributed by atoms with Crippen molar-refractivity contribution in [2.45, 2.75) is 110 Å². The Morgan fingerprint density at radius 2 is 1.34 bits per heavy atom. The fourth-order valence-electron chi connectivity index (χ4n) is 11.7. The SMILES string of the molecule is C[C@@H]1CCCOc2cccc(c2)NCCCNCCCNc2cccc(c2)O[C@H]2CC[C@@]3(C)[C@H](CC[C@@H]4[C@@H]3CC[C@]3(C)[C@@H]1CC[C@@H]43)C2. The van der Waals surface area contributed by atoms with Gasteiger partial charge in [0.15, 0.2) is 0 Å². The van der Waals surface area contributed by atoms with Gasteiger partial charge in [-0.15, -0.1) is 0 Å². The van der Waals surface area contributed by atoms with E-state index >= 15 is 0 Å². The van der Waals surface area contributed by atoms with Gasteiger partial charge in [-0.3, -0.25) is 0 Å². The third-order valence-electron chi connectivity index (χ3n) is 14.1. The minimum atomic E-state index is 0.358. The number of hydrogen-bond acceptors (Lipinski definition) is 5. The van der Waals surface area contributed by atoms with Crippen LogP contribution in [-0.4, -0.2) is 38.9 Å². The fraction of sp³-hybridized carbons (Fsp3) is 0.714. The lowest BCUT2D eigenvalue weighted by Crippen LogP contribution is -2.54. The topological polar surface area (TPSA) is 54.5 Å². The summed E-state index contributed by atoms with van der Waals surface area (Å²) in [6, 6.07) is 17.3. The van der Waals surface area contributed by atoms with E-state index in [0.717, 1.165) is 105 Å². The second-order valence-corrected chi connectivity index (χ2v) is 16.7. The number of hydrogen-bond donors (Lipinski definition) is 3. The van der Waals surface area contributed by atoms with Gasteiger partial charge in [-0.25, -0.2) is 0 Å². The van der Waals surface area contributed by atoms with E-state index in [0.29, 0.717) is 16.9 Å². The highest BCUT2D eigenvalue weighted by atomic mass is 16.5. The standard InChI is InChI=1S/C42H63N3O2/c1-30-9-6-26-46-34-12-4-10-32(28-34)44-24-7-22-43-23-8-25-45-33-11-5-13-35(29-33)47-36-18-20-41(2)31(27-36)14-15-37-39-17-16-38(30)42(39,3)21-19-40(37)41/h4-5,10-13,28-31,36-40,43-45H,6-9,14-27H2,1-3H3/t30-,31-,36+,37+,38-,39+,40+,41+,42-/m1/s1. The van der Waals surface area contributed by atoms with Gasteiger partial charge in [-0.1, -0.05) is 32.9 Å². The van der Waals surface area contributed by atoms with Gasteiger partial charge in [-0.05, 0) is 167 Å². The molecule has 0 unspecified atom stereocenters. The molecule has 0 aromatic heterocycles. The van der Waals surface area contributed by atoms with E-state index in [9.17, 15) is 0 Å². The highest BCUT2D eigenvalue weighted by molar-refractivity contribution is 5.49. The van der Waals surface area contributed by atoms with Crippen molar-refractivity contribution in [3.63, 3.8) is 0 Å². The first-order chi connectivity index (χ1) is 22.9. The van der Waals surface area contributed by atoms with E-state index in [1.165, 1.54) is 69.9 Å². The molecule has 0 spiro atoms. The number of nitrogens with one attached hydrogen (secondary N) is 3. The molecule has 258 valence electrons. The maximum Gasteiger partial charge on any atom is 0.121 e. The van der Waals surface area contributed by atoms with Gasteiger partial charge in [-0.2, -0.15) is 0 Å². The van der Waals surface area contributed by atoms with Crippen molar-refractivity contribution in [1.29, 1.82) is 0 Å². The maximum absolute atomic E-state index is 6.73. The predicted molar refractivity (Wildman–Crippen MR) is 195 cm³/mol. The lowest BCUT2D eigenvalue weighted by atomic mass is 9.44. The molecule has 0 amide bonds. The largest absolute Gasteiger partial charge is 0.494 e. The van der Waals surface area contributed by atoms with Crippen molar-refractivity contribution < 1.29 is 9.47 Å². The molecule has 4 aliphatic heterocycles. The molecule has 4 saturated carbocycles. The summed E-state index contributed by atoms with van der Waals surface area (Å²) >= 11 is 0. The average molecular weight is 642 g/mol. The number of anilines is 2. The first-order valence-corrected chi connectivity index (χ1v) is 19.6. The van der Waals surface area contributed by atoms with E-state index in [2.05, 4.69) is 85.3 Å². The van der Waals surface area contributed by atoms with E-state index in [-0.39, 0.29) is 0 Å². The third-order valence-corrected chi connectivity index (χ3v) is 14.1. The summed E-state index contributed by atoms with van der Waals surface area (Å²) < 4.78 is 13.0. The molecule has 9 atom stereocenters. The maximum atomic E-state index is 6.73. The highest BCUT2D eigenvalue weighted by Gasteiger charge is 2.60. The zero-order valence-electron chi connectivity index (χ0n) is 29.7. The Balaban J connectivity index is 1.03. The van der Waals surface area contributed by atoms with Crippen molar-refractivity contribution in [2.75, 3.05) is 43.4 Å². The van der Waals surface area contributed by atoms with Gasteiger partial charge in [0.05, 0.1) is 12.7 Å². The van der Waals surface area contributed by atoms with Gasteiger partial charge in [0, 0.05) is 36.6 Å². The molecule has 2 aromatic carbocycles. The van der Waals surface area contributed by atoms with Crippen LogP contribution in [0.25, 0.3) is 0 Å². The Kier molecular flexibility index (Phi) is 10.3. The summed E-state index contributed by atoms with van der Waals surface area (Å²) in [6.45, 7) is 12.8. The van der Waals surface area contributed by atoms with E-state index < -0.39 is 0 Å². The first kappa shape index (κ1) is 33.1. The summed E-state index contributed by atoms with van der Waals surface area (Å²) in [6.07, 6.45) is 17.5. The molecule has 0 radical (unpaired) electrons. The smallest absolute Gasteiger partial charge is 0.121 e. The zero-order valence-corrected chi connectivity index (χ0v) is 29.7. The number of benzene rings is 2. The summed E-state index contributed by atoms with van der Waals surface area (Å²) in [5, 5.41) is 10.8. The number of rotatable bonds is 0. The molecule has 2 aromatic rings. The molecule has 4 heterocycles. The zero-order chi connectivity index (χ0) is 32.3. The van der Waals surface area contributed by atoms with Gasteiger partial charge in [0.1, 0.15) is 11.5 Å². The molecule has 3 N–H and O–H groups in total. The van der Waals surface area contributed by atoms with E-state index in [4.69, 9.17) is 9.47 Å². The van der Waals surface area contributed by atoms with Crippen LogP contribution in [-0.2, 0) is 0 Å². The van der Waals surface area contributed by atoms with Crippen LogP contribution in [0.5, 0.6) is 11.5 Å². The van der Waals surface area contributed by atoms with Crippen molar-refractivity contribution >= 4 is 11.4 Å². The molecule has 4 fully saturated rings. The molecule has 4 aliphatic carbocycles. The molecule has 12 bridgehead atoms. The summed E-state index contributed by atoms with van der Waals surface area (Å²) in [5.74, 6) is 7.28. The molecular formula is C42H63N3O2. The fourth-order valence-corrected chi connectivity index (χ4v) is 11.7. The molecule has 5 nitrogen and oxygen atoms in total. The minimum absolute atomic E-state index is 0.358. The van der Waals surface area contributed by atoms with Gasteiger partial charge >= 0.3 is 0 Å². The summed E-state index contributed by atoms with van der Waals surface area (Å²) in [7, 11) is 0. The molecule has 10 rings (SSSR count). The summed E-state index contributed by atoms with van der Waals surface area (Å²) in [4.78, 5) is 0. The Hall–Kier alpha value is -2.40. The second kappa shape index (κ2) is 14.6. The van der Waals surface area contributed by atoms with Gasteiger partial charge in [0.2, 0.25) is 0 Å². The van der Waals surface area contributed by atoms with Crippen LogP contribution in [0.2, 0.25) is 0 Å². The highest BCUT2D eigenvalue weighted by Crippen LogP contribution is 2.68. The molecule has 0 saturated heterocycles. The van der Waals surface area contributed by atoms with Crippen molar-refractivity contribution in [3.05, 3.63) is 48.5 Å². The first-order valence-electron chi connectivity index (χ1n) is 19.6. The van der Waals surface area contributed by atoms with E-state index in [1.807, 2.05) is 0 Å². The lowest BCUT2D eigenvalue weighted by molar-refractivity contribution is -0.126. The van der Waals surface area contributed by atoms with Crippen molar-refractivity contribution in [1.82, 2.24) is 5.32 Å². The minimum Gasteiger partial charge on any atom is -0.494 e. The third kappa shape index (κ3) is 7.17. The Bertz CT molecular complexity index is 1320. The molecule has 5 heteroatoms. The number of ether oxygens (including phenoxy) is 2. The van der Waals surface area contributed by atoms with Crippen LogP contribution in [0.1, 0.15) is 104 Å². The lowest BCUT2D eigenvalue weighted by Gasteiger charge is -2.61. The average Bonchev–Trinajstić information content (AvgIpc) is 3.43. The van der Waals surface area contributed by atoms with Crippen LogP contribution in [0.4, 0.5) is 11.4 Å². The Labute approximate surface area is 285 Å². The van der Waals surface area contributed by atoms with Gasteiger partial charge < -0.3 is 25.4 Å². The van der Waals surface area contributed by atoms with Crippen molar-refractivity contribution in [2.24, 2.45) is 46.3 Å². The molecule has 47 heavy (non-hydrogen) atoms. The Morgan fingerprint density at radius 1 is 0.660 bits per heavy atom. The van der Waals surface area contributed by atoms with Crippen LogP contribution < -0.4 is 25.4 Å².